The highest BCUT2D eigenvalue weighted by molar-refractivity contribution is 5.81. The van der Waals surface area contributed by atoms with Gasteiger partial charge in [0.25, 0.3) is 0 Å². The Bertz CT molecular complexity index is 300. The van der Waals surface area contributed by atoms with Crippen LogP contribution in [0.5, 0.6) is 0 Å². The van der Waals surface area contributed by atoms with E-state index in [1.165, 1.54) is 13.3 Å². The number of aryl methyl sites for hydroxylation is 1. The first kappa shape index (κ1) is 18.2. The maximum absolute atomic E-state index is 10.8. The highest BCUT2D eigenvalue weighted by atomic mass is 16.1. The number of nitrogens with two attached hydrogens (primary N) is 1. The van der Waals surface area contributed by atoms with Crippen molar-refractivity contribution < 1.29 is 6.22 Å². The van der Waals surface area contributed by atoms with Gasteiger partial charge in [-0.1, -0.05) is 34.1 Å². The molecule has 0 spiro atoms. The van der Waals surface area contributed by atoms with Crippen molar-refractivity contribution in [2.24, 2.45) is 12.8 Å². The smallest absolute Gasteiger partial charge is 0.146 e. The lowest BCUT2D eigenvalue weighted by Gasteiger charge is -2.07. The zero-order valence-electron chi connectivity index (χ0n) is 12.0. The van der Waals surface area contributed by atoms with Gasteiger partial charge in [-0.3, -0.25) is 4.79 Å². The Balaban J connectivity index is -0.000000329. The molecule has 0 aliphatic heterocycles. The summed E-state index contributed by atoms with van der Waals surface area (Å²) in [6.45, 7) is 9.75. The summed E-state index contributed by atoms with van der Waals surface area (Å²) in [6.07, 6.45) is 5.23. The number of hydrogen-bond donors (Lipinski definition) is 1. The van der Waals surface area contributed by atoms with Crippen LogP contribution in [0.15, 0.2) is 12.5 Å². The number of Topliss-reactive ketones (excluding diaryl/α,β-unsaturated/α-hetero) is 1. The van der Waals surface area contributed by atoms with Gasteiger partial charge in [0.2, 0.25) is 0 Å². The number of aromatic nitrogens is 2. The lowest BCUT2D eigenvalue weighted by Crippen LogP contribution is -2.31. The van der Waals surface area contributed by atoms with Crippen molar-refractivity contribution in [3.63, 3.8) is 0 Å². The molecule has 4 heteroatoms. The van der Waals surface area contributed by atoms with Gasteiger partial charge in [0.15, 0.2) is 0 Å². The van der Waals surface area contributed by atoms with Gasteiger partial charge >= 0.3 is 0 Å². The molecule has 1 rings (SSSR count). The number of carbonyl (C=O) groups excluding carboxylic acids is 1. The summed E-state index contributed by atoms with van der Waals surface area (Å²) >= 11 is 0. The molecule has 0 aliphatic carbocycles. The van der Waals surface area contributed by atoms with E-state index in [4.69, 9.17) is 5.73 Å². The van der Waals surface area contributed by atoms with Crippen LogP contribution in [0.3, 0.4) is 0 Å². The topological polar surface area (TPSA) is 60.9 Å². The van der Waals surface area contributed by atoms with Gasteiger partial charge in [-0.2, -0.15) is 0 Å². The first-order chi connectivity index (χ1) is 8.02. The van der Waals surface area contributed by atoms with Crippen LogP contribution in [0.2, 0.25) is 0 Å². The molecule has 4 nitrogen and oxygen atoms in total. The number of rotatable bonds is 3. The summed E-state index contributed by atoms with van der Waals surface area (Å²) in [5.74, 6) is 0.0104. The first-order valence-corrected chi connectivity index (χ1v) is 6.24. The SMILES string of the molecule is CC.CC(=O)[C@@H](N)Cc1cncn1C.CCC.[HH]. The van der Waals surface area contributed by atoms with E-state index in [0.29, 0.717) is 6.42 Å². The minimum Gasteiger partial charge on any atom is -0.338 e. The Labute approximate surface area is 107 Å². The van der Waals surface area contributed by atoms with Crippen molar-refractivity contribution in [2.75, 3.05) is 0 Å². The third-order valence-corrected chi connectivity index (χ3v) is 1.87. The van der Waals surface area contributed by atoms with E-state index in [-0.39, 0.29) is 7.21 Å². The number of imidazole rings is 1. The van der Waals surface area contributed by atoms with Gasteiger partial charge in [-0.05, 0) is 6.92 Å². The molecule has 0 saturated carbocycles. The molecule has 2 N–H and O–H groups in total. The van der Waals surface area contributed by atoms with Crippen molar-refractivity contribution in [3.05, 3.63) is 18.2 Å². The maximum atomic E-state index is 10.8. The van der Waals surface area contributed by atoms with Gasteiger partial charge in [0, 0.05) is 26.8 Å². The van der Waals surface area contributed by atoms with E-state index in [1.54, 1.807) is 12.5 Å². The zero-order valence-corrected chi connectivity index (χ0v) is 12.0. The molecular weight excluding hydrogens is 214 g/mol. The van der Waals surface area contributed by atoms with Crippen molar-refractivity contribution in [1.82, 2.24) is 9.55 Å². The van der Waals surface area contributed by atoms with E-state index in [2.05, 4.69) is 18.8 Å². The highest BCUT2D eigenvalue weighted by Gasteiger charge is 2.10. The highest BCUT2D eigenvalue weighted by Crippen LogP contribution is 2.00. The average Bonchev–Trinajstić information content (AvgIpc) is 2.68. The maximum Gasteiger partial charge on any atom is 0.146 e. The first-order valence-electron chi connectivity index (χ1n) is 6.24. The Morgan fingerprint density at radius 3 is 2.29 bits per heavy atom. The van der Waals surface area contributed by atoms with E-state index >= 15 is 0 Å². The fraction of sp³-hybridized carbons (Fsp3) is 0.692. The fourth-order valence-corrected chi connectivity index (χ4v) is 0.950. The summed E-state index contributed by atoms with van der Waals surface area (Å²) in [5.41, 5.74) is 6.57. The second-order valence-corrected chi connectivity index (χ2v) is 3.62. The van der Waals surface area contributed by atoms with Crippen LogP contribution in [0.25, 0.3) is 0 Å². The number of ketones is 1. The van der Waals surface area contributed by atoms with E-state index in [9.17, 15) is 4.79 Å². The Hall–Kier alpha value is -1.16. The molecule has 102 valence electrons. The number of nitrogens with zero attached hydrogens (tertiary/aromatic N) is 2. The minimum atomic E-state index is -0.402. The standard InChI is InChI=1S/C8H13N3O.C3H8.C2H6.H2/c1-6(12)8(9)3-7-4-10-5-11(7)2;1-3-2;1-2;/h4-5,8H,3,9H2,1-2H3;3H2,1-2H3;1-2H3;1H/t8-;;;/m0.../s1. The van der Waals surface area contributed by atoms with Gasteiger partial charge in [0.1, 0.15) is 5.78 Å². The Kier molecular flexibility index (Phi) is 12.1. The normalized spacial score (nSPS) is 10.5. The number of carbonyl (C=O) groups is 1. The second kappa shape index (κ2) is 11.3. The predicted octanol–water partition coefficient (Wildman–Crippen LogP) is 2.57. The summed E-state index contributed by atoms with van der Waals surface area (Å²) in [6, 6.07) is -0.402. The Morgan fingerprint density at radius 1 is 1.53 bits per heavy atom. The van der Waals surface area contributed by atoms with E-state index in [1.807, 2.05) is 25.5 Å². The van der Waals surface area contributed by atoms with Gasteiger partial charge in [0.05, 0.1) is 12.4 Å². The van der Waals surface area contributed by atoms with Gasteiger partial charge in [-0.25, -0.2) is 4.98 Å². The van der Waals surface area contributed by atoms with Crippen LogP contribution >= 0.6 is 0 Å². The lowest BCUT2D eigenvalue weighted by molar-refractivity contribution is -0.118. The molecule has 1 aromatic rings. The molecule has 0 bridgehead atoms. The third-order valence-electron chi connectivity index (χ3n) is 1.87. The molecule has 0 aromatic carbocycles. The molecule has 1 heterocycles. The summed E-state index contributed by atoms with van der Waals surface area (Å²) in [5, 5.41) is 0. The van der Waals surface area contributed by atoms with E-state index in [0.717, 1.165) is 5.69 Å². The quantitative estimate of drug-likeness (QED) is 0.887. The summed E-state index contributed by atoms with van der Waals surface area (Å²) < 4.78 is 1.86. The molecule has 17 heavy (non-hydrogen) atoms. The Morgan fingerprint density at radius 2 is 2.00 bits per heavy atom. The van der Waals surface area contributed by atoms with Crippen molar-refractivity contribution in [3.8, 4) is 0 Å². The monoisotopic (exact) mass is 243 g/mol. The average molecular weight is 243 g/mol. The summed E-state index contributed by atoms with van der Waals surface area (Å²) in [4.78, 5) is 14.8. The molecule has 1 aromatic heterocycles. The minimum absolute atomic E-state index is 0. The molecule has 0 unspecified atom stereocenters. The molecule has 1 atom stereocenters. The molecular formula is C13H29N3O. The zero-order chi connectivity index (χ0) is 13.8. The van der Waals surface area contributed by atoms with Crippen molar-refractivity contribution in [2.45, 2.75) is 53.5 Å². The van der Waals surface area contributed by atoms with Crippen molar-refractivity contribution >= 4 is 5.78 Å². The molecule has 0 fully saturated rings. The van der Waals surface area contributed by atoms with Crippen LogP contribution in [0, 0.1) is 0 Å². The largest absolute Gasteiger partial charge is 0.338 e. The third kappa shape index (κ3) is 8.63. The molecule has 0 aliphatic rings. The van der Waals surface area contributed by atoms with Gasteiger partial charge in [-0.15, -0.1) is 0 Å². The van der Waals surface area contributed by atoms with Crippen LogP contribution in [-0.4, -0.2) is 21.4 Å². The molecule has 0 amide bonds. The van der Waals surface area contributed by atoms with Gasteiger partial charge < -0.3 is 10.3 Å². The molecule has 0 radical (unpaired) electrons. The summed E-state index contributed by atoms with van der Waals surface area (Å²) in [7, 11) is 1.88. The lowest BCUT2D eigenvalue weighted by atomic mass is 10.1. The predicted molar refractivity (Wildman–Crippen MR) is 75.0 cm³/mol. The van der Waals surface area contributed by atoms with E-state index < -0.39 is 6.04 Å². The molecule has 0 saturated heterocycles. The van der Waals surface area contributed by atoms with Crippen LogP contribution in [0.4, 0.5) is 0 Å². The fourth-order valence-electron chi connectivity index (χ4n) is 0.950. The number of hydrogen-bond acceptors (Lipinski definition) is 3. The van der Waals surface area contributed by atoms with Crippen molar-refractivity contribution in [1.29, 1.82) is 0 Å². The van der Waals surface area contributed by atoms with Crippen LogP contribution in [0.1, 0.15) is 48.2 Å². The van der Waals surface area contributed by atoms with Crippen LogP contribution in [-0.2, 0) is 18.3 Å². The second-order valence-electron chi connectivity index (χ2n) is 3.62. The van der Waals surface area contributed by atoms with Crippen LogP contribution < -0.4 is 5.73 Å².